The summed E-state index contributed by atoms with van der Waals surface area (Å²) in [5.74, 6) is 1.36. The van der Waals surface area contributed by atoms with Gasteiger partial charge in [-0.15, -0.1) is 24.0 Å². The van der Waals surface area contributed by atoms with Gasteiger partial charge in [-0.05, 0) is 29.4 Å². The van der Waals surface area contributed by atoms with Crippen LogP contribution in [0.15, 0.2) is 29.3 Å². The molecule has 0 aromatic heterocycles. The molecule has 0 aliphatic carbocycles. The van der Waals surface area contributed by atoms with Gasteiger partial charge in [0.1, 0.15) is 0 Å². The number of nitrogens with zero attached hydrogens (tertiary/aromatic N) is 2. The molecule has 3 rings (SSSR count). The first-order chi connectivity index (χ1) is 14.5. The van der Waals surface area contributed by atoms with Crippen LogP contribution in [0.1, 0.15) is 44.7 Å². The predicted octanol–water partition coefficient (Wildman–Crippen LogP) is 3.64. The van der Waals surface area contributed by atoms with Crippen LogP contribution >= 0.6 is 24.0 Å². The lowest BCUT2D eigenvalue weighted by atomic mass is 9.78. The third-order valence-electron chi connectivity index (χ3n) is 6.05. The number of hydrogen-bond acceptors (Lipinski definition) is 4. The molecule has 2 fully saturated rings. The average Bonchev–Trinajstić information content (AvgIpc) is 2.75. The number of guanidine groups is 1. The van der Waals surface area contributed by atoms with Crippen molar-refractivity contribution in [3.63, 3.8) is 0 Å². The molecular formula is C24H41IN4O2. The molecule has 2 unspecified atom stereocenters. The second kappa shape index (κ2) is 13.0. The van der Waals surface area contributed by atoms with Gasteiger partial charge in [-0.2, -0.15) is 0 Å². The minimum absolute atomic E-state index is 0. The summed E-state index contributed by atoms with van der Waals surface area (Å²) in [7, 11) is 1.83. The van der Waals surface area contributed by atoms with Gasteiger partial charge in [0.2, 0.25) is 0 Å². The van der Waals surface area contributed by atoms with E-state index in [0.717, 1.165) is 64.9 Å². The van der Waals surface area contributed by atoms with E-state index in [1.807, 2.05) is 7.05 Å². The van der Waals surface area contributed by atoms with Gasteiger partial charge in [0, 0.05) is 52.3 Å². The van der Waals surface area contributed by atoms with Crippen molar-refractivity contribution in [2.75, 3.05) is 46.5 Å². The maximum Gasteiger partial charge on any atom is 0.191 e. The number of halogens is 1. The Morgan fingerprint density at radius 3 is 2.39 bits per heavy atom. The predicted molar refractivity (Wildman–Crippen MR) is 138 cm³/mol. The van der Waals surface area contributed by atoms with Crippen LogP contribution in [-0.4, -0.2) is 63.5 Å². The third-order valence-corrected chi connectivity index (χ3v) is 6.05. The fourth-order valence-electron chi connectivity index (χ4n) is 4.42. The lowest BCUT2D eigenvalue weighted by molar-refractivity contribution is -0.0835. The Hall–Kier alpha value is -0.900. The number of benzene rings is 1. The maximum absolute atomic E-state index is 6.11. The van der Waals surface area contributed by atoms with E-state index in [9.17, 15) is 0 Å². The molecule has 1 aromatic carbocycles. The number of rotatable bonds is 6. The molecule has 0 amide bonds. The minimum atomic E-state index is 0. The summed E-state index contributed by atoms with van der Waals surface area (Å²) < 4.78 is 11.5. The van der Waals surface area contributed by atoms with Crippen molar-refractivity contribution >= 4 is 29.9 Å². The lowest BCUT2D eigenvalue weighted by Crippen LogP contribution is -2.47. The lowest BCUT2D eigenvalue weighted by Gasteiger charge is -2.40. The fourth-order valence-corrected chi connectivity index (χ4v) is 4.42. The van der Waals surface area contributed by atoms with Crippen molar-refractivity contribution in [2.24, 2.45) is 16.3 Å². The Kier molecular flexibility index (Phi) is 11.0. The van der Waals surface area contributed by atoms with Gasteiger partial charge in [-0.1, -0.05) is 45.0 Å². The molecule has 0 spiro atoms. The standard InChI is InChI=1S/C24H40N4O2.HI/c1-24(2,3)22-21(6-5-13-30-22)17-27-23(25-4)26-16-19-7-9-20(10-8-19)18-28-11-14-29-15-12-28;/h7-10,21-22H,5-6,11-18H2,1-4H3,(H2,25,26,27);1H. The topological polar surface area (TPSA) is 58.1 Å². The fraction of sp³-hybridized carbons (Fsp3) is 0.708. The molecule has 0 saturated carbocycles. The van der Waals surface area contributed by atoms with E-state index >= 15 is 0 Å². The normalized spacial score (nSPS) is 23.2. The second-order valence-electron chi connectivity index (χ2n) is 9.57. The van der Waals surface area contributed by atoms with Gasteiger partial charge in [0.05, 0.1) is 19.3 Å². The molecule has 7 heteroatoms. The van der Waals surface area contributed by atoms with E-state index in [1.54, 1.807) is 0 Å². The van der Waals surface area contributed by atoms with Gasteiger partial charge < -0.3 is 20.1 Å². The highest BCUT2D eigenvalue weighted by Gasteiger charge is 2.35. The summed E-state index contributed by atoms with van der Waals surface area (Å²) in [6.45, 7) is 14.1. The van der Waals surface area contributed by atoms with E-state index in [0.29, 0.717) is 5.92 Å². The van der Waals surface area contributed by atoms with E-state index in [-0.39, 0.29) is 35.5 Å². The molecule has 1 aromatic rings. The first-order valence-corrected chi connectivity index (χ1v) is 11.4. The highest BCUT2D eigenvalue weighted by atomic mass is 127. The Morgan fingerprint density at radius 2 is 1.74 bits per heavy atom. The summed E-state index contributed by atoms with van der Waals surface area (Å²) in [6.07, 6.45) is 2.63. The van der Waals surface area contributed by atoms with Crippen molar-refractivity contribution in [1.29, 1.82) is 0 Å². The van der Waals surface area contributed by atoms with Crippen LogP contribution in [0.4, 0.5) is 0 Å². The monoisotopic (exact) mass is 544 g/mol. The first-order valence-electron chi connectivity index (χ1n) is 11.4. The van der Waals surface area contributed by atoms with Crippen LogP contribution in [0.25, 0.3) is 0 Å². The molecule has 2 aliphatic rings. The van der Waals surface area contributed by atoms with Gasteiger partial charge >= 0.3 is 0 Å². The third kappa shape index (κ3) is 8.51. The Labute approximate surface area is 205 Å². The van der Waals surface area contributed by atoms with Crippen LogP contribution in [0.2, 0.25) is 0 Å². The summed E-state index contributed by atoms with van der Waals surface area (Å²) >= 11 is 0. The molecule has 31 heavy (non-hydrogen) atoms. The summed E-state index contributed by atoms with van der Waals surface area (Å²) in [6, 6.07) is 8.88. The highest BCUT2D eigenvalue weighted by molar-refractivity contribution is 14.0. The highest BCUT2D eigenvalue weighted by Crippen LogP contribution is 2.33. The largest absolute Gasteiger partial charge is 0.379 e. The van der Waals surface area contributed by atoms with E-state index in [4.69, 9.17) is 9.47 Å². The molecule has 0 radical (unpaired) electrons. The molecule has 0 bridgehead atoms. The molecule has 176 valence electrons. The molecule has 2 heterocycles. The number of aliphatic imine (C=N–C) groups is 1. The second-order valence-corrected chi connectivity index (χ2v) is 9.57. The summed E-state index contributed by atoms with van der Waals surface area (Å²) in [5, 5.41) is 6.97. The molecule has 2 atom stereocenters. The van der Waals surface area contributed by atoms with Crippen molar-refractivity contribution in [1.82, 2.24) is 15.5 Å². The smallest absolute Gasteiger partial charge is 0.191 e. The van der Waals surface area contributed by atoms with Crippen LogP contribution in [-0.2, 0) is 22.6 Å². The van der Waals surface area contributed by atoms with Crippen LogP contribution in [0, 0.1) is 11.3 Å². The van der Waals surface area contributed by atoms with E-state index in [1.165, 1.54) is 17.5 Å². The van der Waals surface area contributed by atoms with Crippen molar-refractivity contribution in [3.05, 3.63) is 35.4 Å². The van der Waals surface area contributed by atoms with E-state index < -0.39 is 0 Å². The molecule has 6 nitrogen and oxygen atoms in total. The van der Waals surface area contributed by atoms with Gasteiger partial charge in [0.15, 0.2) is 5.96 Å². The van der Waals surface area contributed by atoms with Gasteiger partial charge in [-0.25, -0.2) is 0 Å². The van der Waals surface area contributed by atoms with Gasteiger partial charge in [0.25, 0.3) is 0 Å². The Morgan fingerprint density at radius 1 is 1.06 bits per heavy atom. The zero-order valence-electron chi connectivity index (χ0n) is 19.7. The SMILES string of the molecule is CN=C(NCc1ccc(CN2CCOCC2)cc1)NCC1CCCOC1C(C)(C)C.I. The zero-order chi connectivity index (χ0) is 21.4. The molecular weight excluding hydrogens is 503 g/mol. The van der Waals surface area contributed by atoms with Crippen molar-refractivity contribution in [3.8, 4) is 0 Å². The Balaban J connectivity index is 0.00000341. The quantitative estimate of drug-likeness (QED) is 0.326. The molecule has 2 aliphatic heterocycles. The van der Waals surface area contributed by atoms with Crippen LogP contribution in [0.3, 0.4) is 0 Å². The molecule has 2 N–H and O–H groups in total. The van der Waals surface area contributed by atoms with Crippen LogP contribution in [0.5, 0.6) is 0 Å². The Bertz CT molecular complexity index is 669. The maximum atomic E-state index is 6.11. The van der Waals surface area contributed by atoms with Crippen molar-refractivity contribution < 1.29 is 9.47 Å². The zero-order valence-corrected chi connectivity index (χ0v) is 22.0. The summed E-state index contributed by atoms with van der Waals surface area (Å²) in [5.41, 5.74) is 2.78. The van der Waals surface area contributed by atoms with Crippen LogP contribution < -0.4 is 10.6 Å². The number of hydrogen-bond donors (Lipinski definition) is 2. The summed E-state index contributed by atoms with van der Waals surface area (Å²) in [4.78, 5) is 6.85. The minimum Gasteiger partial charge on any atom is -0.379 e. The molecule has 2 saturated heterocycles. The van der Waals surface area contributed by atoms with Crippen molar-refractivity contribution in [2.45, 2.75) is 52.8 Å². The number of nitrogens with one attached hydrogen (secondary N) is 2. The van der Waals surface area contributed by atoms with E-state index in [2.05, 4.69) is 65.6 Å². The number of ether oxygens (including phenoxy) is 2. The number of morpholine rings is 1. The first kappa shape index (κ1) is 26.4. The average molecular weight is 545 g/mol. The van der Waals surface area contributed by atoms with Gasteiger partial charge in [-0.3, -0.25) is 9.89 Å².